The predicted molar refractivity (Wildman–Crippen MR) is 70.3 cm³/mol. The van der Waals surface area contributed by atoms with E-state index >= 15 is 0 Å². The fraction of sp³-hybridized carbons (Fsp3) is 0.923. The van der Waals surface area contributed by atoms with Gasteiger partial charge in [0.2, 0.25) is 5.91 Å². The molecule has 0 spiro atoms. The van der Waals surface area contributed by atoms with Gasteiger partial charge in [0.15, 0.2) is 0 Å². The molecular formula is C13H25N3O2. The van der Waals surface area contributed by atoms with Gasteiger partial charge in [-0.25, -0.2) is 0 Å². The van der Waals surface area contributed by atoms with Crippen LogP contribution in [-0.2, 0) is 4.79 Å². The van der Waals surface area contributed by atoms with Gasteiger partial charge in [-0.2, -0.15) is 0 Å². The van der Waals surface area contributed by atoms with Gasteiger partial charge < -0.3 is 15.3 Å². The number of hydrogen-bond donors (Lipinski definition) is 2. The Morgan fingerprint density at radius 3 is 2.78 bits per heavy atom. The highest BCUT2D eigenvalue weighted by Gasteiger charge is 2.31. The Labute approximate surface area is 109 Å². The second-order valence-electron chi connectivity index (χ2n) is 5.89. The summed E-state index contributed by atoms with van der Waals surface area (Å²) in [6, 6.07) is 0.822. The first-order valence-corrected chi connectivity index (χ1v) is 6.91. The maximum Gasteiger partial charge on any atom is 0.221 e. The molecular weight excluding hydrogens is 230 g/mol. The first-order chi connectivity index (χ1) is 8.54. The van der Waals surface area contributed by atoms with Crippen LogP contribution in [0.15, 0.2) is 0 Å². The number of rotatable bonds is 6. The molecule has 1 aliphatic carbocycles. The van der Waals surface area contributed by atoms with Gasteiger partial charge in [-0.15, -0.1) is 0 Å². The van der Waals surface area contributed by atoms with E-state index in [0.717, 1.165) is 32.4 Å². The summed E-state index contributed by atoms with van der Waals surface area (Å²) < 4.78 is 0. The van der Waals surface area contributed by atoms with E-state index in [4.69, 9.17) is 0 Å². The van der Waals surface area contributed by atoms with Crippen molar-refractivity contribution >= 4 is 5.91 Å². The fourth-order valence-electron chi connectivity index (χ4n) is 2.62. The lowest BCUT2D eigenvalue weighted by atomic mass is 10.2. The molecule has 0 radical (unpaired) electrons. The summed E-state index contributed by atoms with van der Waals surface area (Å²) in [5.41, 5.74) is 0. The highest BCUT2D eigenvalue weighted by molar-refractivity contribution is 5.76. The second-order valence-corrected chi connectivity index (χ2v) is 5.89. The van der Waals surface area contributed by atoms with Crippen molar-refractivity contribution in [1.82, 2.24) is 15.1 Å². The van der Waals surface area contributed by atoms with E-state index in [1.165, 1.54) is 0 Å². The fourth-order valence-corrected chi connectivity index (χ4v) is 2.62. The van der Waals surface area contributed by atoms with Crippen LogP contribution in [-0.4, -0.2) is 72.7 Å². The van der Waals surface area contributed by atoms with Crippen LogP contribution in [0.3, 0.4) is 0 Å². The molecule has 2 unspecified atom stereocenters. The minimum atomic E-state index is -0.235. The van der Waals surface area contributed by atoms with E-state index in [1.807, 2.05) is 14.1 Å². The van der Waals surface area contributed by atoms with E-state index in [9.17, 15) is 9.90 Å². The summed E-state index contributed by atoms with van der Waals surface area (Å²) in [6.07, 6.45) is 3.41. The third-order valence-electron chi connectivity index (χ3n) is 3.65. The third kappa shape index (κ3) is 4.23. The van der Waals surface area contributed by atoms with Gasteiger partial charge in [0, 0.05) is 38.1 Å². The molecule has 0 aromatic rings. The zero-order valence-electron chi connectivity index (χ0n) is 11.4. The van der Waals surface area contributed by atoms with Crippen molar-refractivity contribution in [1.29, 1.82) is 0 Å². The Morgan fingerprint density at radius 1 is 1.44 bits per heavy atom. The molecule has 2 atom stereocenters. The smallest absolute Gasteiger partial charge is 0.221 e. The average molecular weight is 255 g/mol. The highest BCUT2D eigenvalue weighted by Crippen LogP contribution is 2.20. The topological polar surface area (TPSA) is 55.8 Å². The standard InChI is InChI=1S/C13H25N3O2/c1-15(2)8-11-7-12(17)9-16(11)6-5-13(18)14-10-3-4-10/h10-12,17H,3-9H2,1-2H3,(H,14,18). The first kappa shape index (κ1) is 13.8. The molecule has 1 saturated carbocycles. The number of likely N-dealkylation sites (N-methyl/N-ethyl adjacent to an activating group) is 1. The molecule has 1 amide bonds. The summed E-state index contributed by atoms with van der Waals surface area (Å²) >= 11 is 0. The van der Waals surface area contributed by atoms with Crippen LogP contribution < -0.4 is 5.32 Å². The van der Waals surface area contributed by atoms with Crippen molar-refractivity contribution < 1.29 is 9.90 Å². The Balaban J connectivity index is 1.73. The normalized spacial score (nSPS) is 28.9. The number of amides is 1. The maximum absolute atomic E-state index is 11.6. The van der Waals surface area contributed by atoms with Gasteiger partial charge in [-0.3, -0.25) is 9.69 Å². The second kappa shape index (κ2) is 5.99. The zero-order valence-corrected chi connectivity index (χ0v) is 11.4. The molecule has 2 rings (SSSR count). The number of aliphatic hydroxyl groups excluding tert-OH is 1. The molecule has 0 aromatic carbocycles. The number of hydrogen-bond acceptors (Lipinski definition) is 4. The van der Waals surface area contributed by atoms with Gasteiger partial charge in [0.25, 0.3) is 0 Å². The van der Waals surface area contributed by atoms with Gasteiger partial charge in [0.05, 0.1) is 6.10 Å². The third-order valence-corrected chi connectivity index (χ3v) is 3.65. The van der Waals surface area contributed by atoms with Crippen molar-refractivity contribution in [2.24, 2.45) is 0 Å². The Hall–Kier alpha value is -0.650. The molecule has 2 N–H and O–H groups in total. The van der Waals surface area contributed by atoms with Crippen LogP contribution in [0, 0.1) is 0 Å². The maximum atomic E-state index is 11.6. The van der Waals surface area contributed by atoms with Gasteiger partial charge in [0.1, 0.15) is 0 Å². The molecule has 0 bridgehead atoms. The van der Waals surface area contributed by atoms with E-state index in [0.29, 0.717) is 25.0 Å². The van der Waals surface area contributed by atoms with Crippen LogP contribution in [0.2, 0.25) is 0 Å². The summed E-state index contributed by atoms with van der Waals surface area (Å²) in [6.45, 7) is 2.41. The zero-order chi connectivity index (χ0) is 13.1. The Kier molecular flexibility index (Phi) is 4.59. The summed E-state index contributed by atoms with van der Waals surface area (Å²) in [4.78, 5) is 16.0. The molecule has 2 aliphatic rings. The molecule has 1 aliphatic heterocycles. The van der Waals surface area contributed by atoms with E-state index in [2.05, 4.69) is 15.1 Å². The molecule has 1 heterocycles. The minimum Gasteiger partial charge on any atom is -0.392 e. The summed E-state index contributed by atoms with van der Waals surface area (Å²) in [5, 5.41) is 12.7. The number of carbonyl (C=O) groups is 1. The minimum absolute atomic E-state index is 0.155. The van der Waals surface area contributed by atoms with Crippen LogP contribution in [0.4, 0.5) is 0 Å². The lowest BCUT2D eigenvalue weighted by Crippen LogP contribution is -2.39. The molecule has 2 fully saturated rings. The molecule has 1 saturated heterocycles. The van der Waals surface area contributed by atoms with E-state index < -0.39 is 0 Å². The van der Waals surface area contributed by atoms with Crippen molar-refractivity contribution in [2.45, 2.75) is 43.9 Å². The SMILES string of the molecule is CN(C)CC1CC(O)CN1CCC(=O)NC1CC1. The highest BCUT2D eigenvalue weighted by atomic mass is 16.3. The van der Waals surface area contributed by atoms with Crippen molar-refractivity contribution in [2.75, 3.05) is 33.7 Å². The van der Waals surface area contributed by atoms with Crippen molar-refractivity contribution in [3.63, 3.8) is 0 Å². The Morgan fingerprint density at radius 2 is 2.17 bits per heavy atom. The number of likely N-dealkylation sites (tertiary alicyclic amines) is 1. The lowest BCUT2D eigenvalue weighted by Gasteiger charge is -2.26. The number of nitrogens with one attached hydrogen (secondary N) is 1. The van der Waals surface area contributed by atoms with Crippen LogP contribution in [0.5, 0.6) is 0 Å². The molecule has 5 nitrogen and oxygen atoms in total. The van der Waals surface area contributed by atoms with Crippen LogP contribution in [0.25, 0.3) is 0 Å². The number of β-amino-alcohol motifs (C(OH)–C–C–N with tert-alkyl or cyclic N) is 1. The largest absolute Gasteiger partial charge is 0.392 e. The molecule has 0 aromatic heterocycles. The number of carbonyl (C=O) groups excluding carboxylic acids is 1. The Bertz CT molecular complexity index is 292. The average Bonchev–Trinajstić information content (AvgIpc) is 3.00. The summed E-state index contributed by atoms with van der Waals surface area (Å²) in [5.74, 6) is 0.155. The van der Waals surface area contributed by atoms with Crippen LogP contribution >= 0.6 is 0 Å². The van der Waals surface area contributed by atoms with Gasteiger partial charge >= 0.3 is 0 Å². The lowest BCUT2D eigenvalue weighted by molar-refractivity contribution is -0.121. The molecule has 18 heavy (non-hydrogen) atoms. The van der Waals surface area contributed by atoms with Gasteiger partial charge in [-0.05, 0) is 33.4 Å². The van der Waals surface area contributed by atoms with E-state index in [1.54, 1.807) is 0 Å². The predicted octanol–water partition coefficient (Wildman–Crippen LogP) is -0.348. The number of aliphatic hydroxyl groups is 1. The van der Waals surface area contributed by atoms with Crippen LogP contribution in [0.1, 0.15) is 25.7 Å². The summed E-state index contributed by atoms with van der Waals surface area (Å²) in [7, 11) is 4.09. The first-order valence-electron chi connectivity index (χ1n) is 6.91. The number of nitrogens with zero attached hydrogens (tertiary/aromatic N) is 2. The monoisotopic (exact) mass is 255 g/mol. The molecule has 5 heteroatoms. The van der Waals surface area contributed by atoms with Gasteiger partial charge in [-0.1, -0.05) is 0 Å². The van der Waals surface area contributed by atoms with Crippen molar-refractivity contribution in [3.8, 4) is 0 Å². The molecule has 104 valence electrons. The van der Waals surface area contributed by atoms with Crippen molar-refractivity contribution in [3.05, 3.63) is 0 Å². The quantitative estimate of drug-likeness (QED) is 0.681. The van der Waals surface area contributed by atoms with E-state index in [-0.39, 0.29) is 12.0 Å².